The molecule has 2 aromatic rings. The van der Waals surface area contributed by atoms with Gasteiger partial charge in [0.25, 0.3) is 0 Å². The van der Waals surface area contributed by atoms with Crippen LogP contribution in [0.1, 0.15) is 63.8 Å². The van der Waals surface area contributed by atoms with Crippen molar-refractivity contribution in [2.75, 3.05) is 11.4 Å². The Hall–Kier alpha value is -2.14. The Labute approximate surface area is 149 Å². The van der Waals surface area contributed by atoms with Gasteiger partial charge in [0, 0.05) is 30.1 Å². The minimum atomic E-state index is -0.0343. The molecule has 5 nitrogen and oxygen atoms in total. The summed E-state index contributed by atoms with van der Waals surface area (Å²) in [6.45, 7) is 9.83. The van der Waals surface area contributed by atoms with Gasteiger partial charge in [-0.2, -0.15) is 0 Å². The number of hydrogen-bond donors (Lipinski definition) is 1. The second-order valence-corrected chi connectivity index (χ2v) is 7.71. The highest BCUT2D eigenvalue weighted by molar-refractivity contribution is 5.95. The van der Waals surface area contributed by atoms with Crippen LogP contribution in [0.2, 0.25) is 0 Å². The molecule has 1 aromatic carbocycles. The normalized spacial score (nSPS) is 16.5. The highest BCUT2D eigenvalue weighted by atomic mass is 16.4. The Kier molecular flexibility index (Phi) is 4.95. The zero-order chi connectivity index (χ0) is 18.0. The lowest BCUT2D eigenvalue weighted by Gasteiger charge is -2.19. The van der Waals surface area contributed by atoms with E-state index in [-0.39, 0.29) is 17.4 Å². The predicted molar refractivity (Wildman–Crippen MR) is 98.5 cm³/mol. The summed E-state index contributed by atoms with van der Waals surface area (Å²) in [4.78, 5) is 18.2. The van der Waals surface area contributed by atoms with Crippen LogP contribution in [0.25, 0.3) is 0 Å². The van der Waals surface area contributed by atoms with Crippen molar-refractivity contribution in [2.45, 2.75) is 58.5 Å². The van der Waals surface area contributed by atoms with Crippen LogP contribution in [0.15, 0.2) is 34.9 Å². The van der Waals surface area contributed by atoms with E-state index < -0.39 is 0 Å². The fraction of sp³-hybridized carbons (Fsp3) is 0.500. The fourth-order valence-corrected chi connectivity index (χ4v) is 2.98. The molecule has 134 valence electrons. The number of oxazole rings is 1. The molecule has 0 unspecified atom stereocenters. The molecule has 1 aromatic heterocycles. The molecule has 1 amide bonds. The van der Waals surface area contributed by atoms with E-state index in [1.165, 1.54) is 0 Å². The third kappa shape index (κ3) is 4.10. The molecular weight excluding hydrogens is 314 g/mol. The lowest BCUT2D eigenvalue weighted by Crippen LogP contribution is -2.24. The summed E-state index contributed by atoms with van der Waals surface area (Å²) in [6, 6.07) is 8.33. The molecule has 1 N–H and O–H groups in total. The summed E-state index contributed by atoms with van der Waals surface area (Å²) in [6.07, 6.45) is 3.40. The van der Waals surface area contributed by atoms with Gasteiger partial charge in [-0.15, -0.1) is 0 Å². The molecule has 1 fully saturated rings. The molecule has 3 rings (SSSR count). The van der Waals surface area contributed by atoms with E-state index in [9.17, 15) is 4.79 Å². The van der Waals surface area contributed by atoms with Gasteiger partial charge < -0.3 is 14.6 Å². The third-order valence-corrected chi connectivity index (χ3v) is 4.61. The Bertz CT molecular complexity index is 745. The minimum absolute atomic E-state index is 0.0343. The van der Waals surface area contributed by atoms with Crippen molar-refractivity contribution in [1.82, 2.24) is 10.3 Å². The summed E-state index contributed by atoms with van der Waals surface area (Å²) in [5, 5.41) is 3.45. The molecule has 0 bridgehead atoms. The number of nitrogens with one attached hydrogen (secondary N) is 1. The minimum Gasteiger partial charge on any atom is -0.444 e. The number of carbonyl (C=O) groups excluding carboxylic acids is 1. The SMILES string of the molecule is C[C@H](NCc1ncc(C(C)(C)C)o1)c1cccc(N2CCCC2=O)c1. The quantitative estimate of drug-likeness (QED) is 0.894. The molecule has 1 aliphatic rings. The number of nitrogens with zero attached hydrogens (tertiary/aromatic N) is 2. The first-order valence-corrected chi connectivity index (χ1v) is 8.93. The van der Waals surface area contributed by atoms with Gasteiger partial charge in [-0.3, -0.25) is 4.79 Å². The van der Waals surface area contributed by atoms with Crippen LogP contribution in [-0.2, 0) is 16.8 Å². The van der Waals surface area contributed by atoms with Gasteiger partial charge in [0.2, 0.25) is 11.8 Å². The van der Waals surface area contributed by atoms with Gasteiger partial charge in [0.05, 0.1) is 12.7 Å². The number of carbonyl (C=O) groups is 1. The van der Waals surface area contributed by atoms with Crippen molar-refractivity contribution in [1.29, 1.82) is 0 Å². The average Bonchev–Trinajstić information content (AvgIpc) is 3.21. The summed E-state index contributed by atoms with van der Waals surface area (Å²) >= 11 is 0. The molecule has 2 heterocycles. The van der Waals surface area contributed by atoms with Gasteiger partial charge in [-0.25, -0.2) is 4.98 Å². The third-order valence-electron chi connectivity index (χ3n) is 4.61. The van der Waals surface area contributed by atoms with Crippen molar-refractivity contribution in [3.8, 4) is 0 Å². The van der Waals surface area contributed by atoms with Crippen molar-refractivity contribution < 1.29 is 9.21 Å². The van der Waals surface area contributed by atoms with Crippen molar-refractivity contribution in [3.05, 3.63) is 47.7 Å². The van der Waals surface area contributed by atoms with E-state index in [4.69, 9.17) is 4.42 Å². The zero-order valence-corrected chi connectivity index (χ0v) is 15.5. The lowest BCUT2D eigenvalue weighted by atomic mass is 9.94. The maximum atomic E-state index is 11.9. The Balaban J connectivity index is 1.64. The van der Waals surface area contributed by atoms with Crippen LogP contribution < -0.4 is 10.2 Å². The van der Waals surface area contributed by atoms with Crippen LogP contribution in [0.5, 0.6) is 0 Å². The predicted octanol–water partition coefficient (Wildman–Crippen LogP) is 3.95. The summed E-state index contributed by atoms with van der Waals surface area (Å²) in [5.74, 6) is 1.81. The van der Waals surface area contributed by atoms with Crippen molar-refractivity contribution in [3.63, 3.8) is 0 Å². The smallest absolute Gasteiger partial charge is 0.227 e. The van der Waals surface area contributed by atoms with Crippen LogP contribution in [-0.4, -0.2) is 17.4 Å². The Morgan fingerprint density at radius 3 is 2.80 bits per heavy atom. The number of amides is 1. The highest BCUT2D eigenvalue weighted by Gasteiger charge is 2.22. The number of hydrogen-bond acceptors (Lipinski definition) is 4. The van der Waals surface area contributed by atoms with Gasteiger partial charge in [0.1, 0.15) is 5.76 Å². The van der Waals surface area contributed by atoms with E-state index >= 15 is 0 Å². The molecular formula is C20H27N3O2. The zero-order valence-electron chi connectivity index (χ0n) is 15.5. The monoisotopic (exact) mass is 341 g/mol. The van der Waals surface area contributed by atoms with E-state index in [2.05, 4.69) is 50.1 Å². The molecule has 0 saturated carbocycles. The second-order valence-electron chi connectivity index (χ2n) is 7.71. The van der Waals surface area contributed by atoms with Gasteiger partial charge in [0.15, 0.2) is 0 Å². The molecule has 0 spiro atoms. The van der Waals surface area contributed by atoms with E-state index in [0.29, 0.717) is 18.9 Å². The number of aromatic nitrogens is 1. The van der Waals surface area contributed by atoms with Gasteiger partial charge in [-0.05, 0) is 31.0 Å². The second kappa shape index (κ2) is 7.00. The first-order chi connectivity index (χ1) is 11.8. The topological polar surface area (TPSA) is 58.4 Å². The van der Waals surface area contributed by atoms with E-state index in [1.807, 2.05) is 17.0 Å². The molecule has 0 radical (unpaired) electrons. The summed E-state index contributed by atoms with van der Waals surface area (Å²) in [5.41, 5.74) is 2.10. The van der Waals surface area contributed by atoms with Crippen LogP contribution in [0.3, 0.4) is 0 Å². The lowest BCUT2D eigenvalue weighted by molar-refractivity contribution is -0.117. The first-order valence-electron chi connectivity index (χ1n) is 8.93. The molecule has 1 saturated heterocycles. The largest absolute Gasteiger partial charge is 0.444 e. The van der Waals surface area contributed by atoms with E-state index in [1.54, 1.807) is 6.20 Å². The molecule has 5 heteroatoms. The molecule has 0 aliphatic carbocycles. The average molecular weight is 341 g/mol. The summed E-state index contributed by atoms with van der Waals surface area (Å²) < 4.78 is 5.83. The molecule has 1 aliphatic heterocycles. The standard InChI is InChI=1S/C20H27N3O2/c1-14(21-13-18-22-12-17(25-18)20(2,3)4)15-7-5-8-16(11-15)23-10-6-9-19(23)24/h5,7-8,11-12,14,21H,6,9-10,13H2,1-4H3/t14-/m0/s1. The van der Waals surface area contributed by atoms with Crippen LogP contribution >= 0.6 is 0 Å². The van der Waals surface area contributed by atoms with Crippen molar-refractivity contribution in [2.24, 2.45) is 0 Å². The number of benzene rings is 1. The van der Waals surface area contributed by atoms with E-state index in [0.717, 1.165) is 30.0 Å². The van der Waals surface area contributed by atoms with Gasteiger partial charge in [-0.1, -0.05) is 32.9 Å². The number of anilines is 1. The maximum absolute atomic E-state index is 11.9. The Morgan fingerprint density at radius 1 is 1.36 bits per heavy atom. The maximum Gasteiger partial charge on any atom is 0.227 e. The van der Waals surface area contributed by atoms with Crippen LogP contribution in [0, 0.1) is 0 Å². The number of rotatable bonds is 5. The Morgan fingerprint density at radius 2 is 2.16 bits per heavy atom. The molecule has 1 atom stereocenters. The first kappa shape index (κ1) is 17.7. The van der Waals surface area contributed by atoms with Crippen LogP contribution in [0.4, 0.5) is 5.69 Å². The molecule has 25 heavy (non-hydrogen) atoms. The highest BCUT2D eigenvalue weighted by Crippen LogP contribution is 2.25. The fourth-order valence-electron chi connectivity index (χ4n) is 2.98. The van der Waals surface area contributed by atoms with Crippen molar-refractivity contribution >= 4 is 11.6 Å². The van der Waals surface area contributed by atoms with Gasteiger partial charge >= 0.3 is 0 Å². The summed E-state index contributed by atoms with van der Waals surface area (Å²) in [7, 11) is 0.